The van der Waals surface area contributed by atoms with Gasteiger partial charge in [-0.1, -0.05) is 0 Å². The van der Waals surface area contributed by atoms with Crippen molar-refractivity contribution in [1.29, 1.82) is 0 Å². The lowest BCUT2D eigenvalue weighted by molar-refractivity contribution is -0.137. The Morgan fingerprint density at radius 1 is 0.680 bits per heavy atom. The van der Waals surface area contributed by atoms with E-state index in [1.807, 2.05) is 0 Å². The Balaban J connectivity index is 2.82. The molecule has 0 saturated heterocycles. The van der Waals surface area contributed by atoms with Crippen molar-refractivity contribution in [2.75, 3.05) is 26.2 Å². The van der Waals surface area contributed by atoms with E-state index in [4.69, 9.17) is 15.3 Å². The van der Waals surface area contributed by atoms with E-state index in [1.54, 1.807) is 0 Å². The molecule has 0 aromatic carbocycles. The highest BCUT2D eigenvalue weighted by Gasteiger charge is 2.48. The number of aliphatic hydroxyl groups is 4. The molecule has 0 aliphatic heterocycles. The van der Waals surface area contributed by atoms with E-state index in [-0.39, 0.29) is 39.1 Å². The highest BCUT2D eigenvalue weighted by Crippen LogP contribution is 2.22. The van der Waals surface area contributed by atoms with Crippen LogP contribution in [0.3, 0.4) is 0 Å². The van der Waals surface area contributed by atoms with Crippen LogP contribution in [-0.2, 0) is 9.59 Å². The Kier molecular flexibility index (Phi) is 9.21. The van der Waals surface area contributed by atoms with Crippen molar-refractivity contribution >= 4 is 11.9 Å². The van der Waals surface area contributed by atoms with E-state index < -0.39 is 48.4 Å². The zero-order chi connectivity index (χ0) is 19.0. The first-order chi connectivity index (χ1) is 11.8. The third-order valence-electron chi connectivity index (χ3n) is 4.14. The maximum absolute atomic E-state index is 10.6. The normalized spacial score (nSPS) is 32.5. The SMILES string of the molecule is O=C(O)CCN[C@@H]1[C@H](O)[C@H](NCCC(=O)O)[C@H](O)[C@H](NCCO)[C@@H]1O. The Labute approximate surface area is 144 Å². The van der Waals surface area contributed by atoms with Crippen molar-refractivity contribution in [2.24, 2.45) is 0 Å². The first-order valence-corrected chi connectivity index (χ1v) is 8.08. The van der Waals surface area contributed by atoms with Gasteiger partial charge in [-0.3, -0.25) is 9.59 Å². The van der Waals surface area contributed by atoms with Crippen molar-refractivity contribution in [3.05, 3.63) is 0 Å². The van der Waals surface area contributed by atoms with Gasteiger partial charge in [-0.15, -0.1) is 0 Å². The molecule has 1 aliphatic carbocycles. The average Bonchev–Trinajstić information content (AvgIpc) is 2.53. The van der Waals surface area contributed by atoms with Crippen LogP contribution in [0.2, 0.25) is 0 Å². The molecule has 9 N–H and O–H groups in total. The van der Waals surface area contributed by atoms with Gasteiger partial charge in [0.2, 0.25) is 0 Å². The molecule has 0 aromatic rings. The van der Waals surface area contributed by atoms with Gasteiger partial charge >= 0.3 is 11.9 Å². The third kappa shape index (κ3) is 6.47. The average molecular weight is 365 g/mol. The smallest absolute Gasteiger partial charge is 0.304 e. The zero-order valence-corrected chi connectivity index (χ0v) is 13.7. The summed E-state index contributed by atoms with van der Waals surface area (Å²) >= 11 is 0. The van der Waals surface area contributed by atoms with Crippen LogP contribution < -0.4 is 16.0 Å². The molecule has 1 rings (SSSR count). The lowest BCUT2D eigenvalue weighted by Crippen LogP contribution is -2.73. The predicted octanol–water partition coefficient (Wildman–Crippen LogP) is -4.10. The van der Waals surface area contributed by atoms with E-state index in [1.165, 1.54) is 0 Å². The van der Waals surface area contributed by atoms with Crippen molar-refractivity contribution in [2.45, 2.75) is 49.3 Å². The fraction of sp³-hybridized carbons (Fsp3) is 0.857. The highest BCUT2D eigenvalue weighted by molar-refractivity contribution is 5.67. The van der Waals surface area contributed by atoms with Gasteiger partial charge in [0.25, 0.3) is 0 Å². The van der Waals surface area contributed by atoms with Gasteiger partial charge in [0.05, 0.1) is 55.9 Å². The maximum Gasteiger partial charge on any atom is 0.304 e. The Morgan fingerprint density at radius 3 is 1.28 bits per heavy atom. The minimum Gasteiger partial charge on any atom is -0.481 e. The molecule has 0 amide bonds. The number of carbonyl (C=O) groups is 2. The van der Waals surface area contributed by atoms with Crippen LogP contribution in [0, 0.1) is 0 Å². The first kappa shape index (κ1) is 21.7. The number of aliphatic carboxylic acids is 2. The van der Waals surface area contributed by atoms with Gasteiger partial charge in [-0.05, 0) is 0 Å². The fourth-order valence-corrected chi connectivity index (χ4v) is 2.92. The van der Waals surface area contributed by atoms with E-state index in [9.17, 15) is 24.9 Å². The minimum absolute atomic E-state index is 0.00121. The molecule has 0 bridgehead atoms. The van der Waals surface area contributed by atoms with Crippen LogP contribution >= 0.6 is 0 Å². The quantitative estimate of drug-likeness (QED) is 0.173. The Morgan fingerprint density at radius 2 is 1.00 bits per heavy atom. The molecular formula is C14H27N3O8. The molecule has 25 heavy (non-hydrogen) atoms. The van der Waals surface area contributed by atoms with E-state index in [2.05, 4.69) is 16.0 Å². The van der Waals surface area contributed by atoms with Crippen molar-refractivity contribution in [3.8, 4) is 0 Å². The molecule has 0 unspecified atom stereocenters. The number of rotatable bonds is 11. The second-order valence-electron chi connectivity index (χ2n) is 5.92. The summed E-state index contributed by atoms with van der Waals surface area (Å²) in [5.41, 5.74) is 0. The molecular weight excluding hydrogens is 338 g/mol. The summed E-state index contributed by atoms with van der Waals surface area (Å²) in [6.45, 7) is -0.136. The van der Waals surface area contributed by atoms with Crippen molar-refractivity contribution < 1.29 is 40.2 Å². The molecule has 1 aliphatic rings. The topological polar surface area (TPSA) is 192 Å². The lowest BCUT2D eigenvalue weighted by atomic mass is 9.79. The molecule has 11 heteroatoms. The van der Waals surface area contributed by atoms with Gasteiger partial charge in [0.15, 0.2) is 0 Å². The van der Waals surface area contributed by atoms with Gasteiger partial charge in [0.1, 0.15) is 0 Å². The molecule has 11 nitrogen and oxygen atoms in total. The van der Waals surface area contributed by atoms with Gasteiger partial charge in [0, 0.05) is 19.6 Å². The third-order valence-corrected chi connectivity index (χ3v) is 4.14. The summed E-state index contributed by atoms with van der Waals surface area (Å²) in [5.74, 6) is -2.09. The van der Waals surface area contributed by atoms with Gasteiger partial charge < -0.3 is 46.6 Å². The van der Waals surface area contributed by atoms with Crippen molar-refractivity contribution in [1.82, 2.24) is 16.0 Å². The van der Waals surface area contributed by atoms with E-state index >= 15 is 0 Å². The standard InChI is InChI=1S/C14H27N3O8/c18-6-5-17-11-13(24)9(15-3-1-7(19)20)12(23)10(14(11)25)16-4-2-8(21)22/h9-18,23-25H,1-6H2,(H,19,20)(H,21,22)/t9-,10+,11-,12+,13-,14+. The second kappa shape index (κ2) is 10.6. The molecule has 1 fully saturated rings. The predicted molar refractivity (Wildman–Crippen MR) is 85.0 cm³/mol. The largest absolute Gasteiger partial charge is 0.481 e. The maximum atomic E-state index is 10.6. The summed E-state index contributed by atoms with van der Waals surface area (Å²) in [6.07, 6.45) is -4.21. The Bertz CT molecular complexity index is 404. The summed E-state index contributed by atoms with van der Waals surface area (Å²) in [5, 5.41) is 65.8. The number of hydrogen-bond acceptors (Lipinski definition) is 9. The van der Waals surface area contributed by atoms with Gasteiger partial charge in [-0.2, -0.15) is 0 Å². The number of carboxylic acids is 2. The fourth-order valence-electron chi connectivity index (χ4n) is 2.92. The number of hydrogen-bond donors (Lipinski definition) is 9. The summed E-state index contributed by atoms with van der Waals surface area (Å²) in [6, 6.07) is -2.79. The van der Waals surface area contributed by atoms with Crippen LogP contribution in [0.15, 0.2) is 0 Å². The van der Waals surface area contributed by atoms with Crippen LogP contribution in [0.1, 0.15) is 12.8 Å². The lowest BCUT2D eigenvalue weighted by Gasteiger charge is -2.47. The molecule has 1 saturated carbocycles. The minimum atomic E-state index is -1.28. The number of nitrogens with one attached hydrogen (secondary N) is 3. The van der Waals surface area contributed by atoms with Gasteiger partial charge in [-0.25, -0.2) is 0 Å². The van der Waals surface area contributed by atoms with Crippen LogP contribution in [0.25, 0.3) is 0 Å². The second-order valence-corrected chi connectivity index (χ2v) is 5.92. The summed E-state index contributed by atoms with van der Waals surface area (Å²) in [7, 11) is 0. The molecule has 6 atom stereocenters. The van der Waals surface area contributed by atoms with E-state index in [0.717, 1.165) is 0 Å². The zero-order valence-electron chi connectivity index (χ0n) is 13.7. The molecule has 0 heterocycles. The van der Waals surface area contributed by atoms with Crippen molar-refractivity contribution in [3.63, 3.8) is 0 Å². The first-order valence-electron chi connectivity index (χ1n) is 8.08. The Hall–Kier alpha value is -1.34. The molecule has 146 valence electrons. The summed E-state index contributed by atoms with van der Waals surface area (Å²) < 4.78 is 0. The molecule has 0 spiro atoms. The number of carboxylic acid groups (broad SMARTS) is 2. The molecule has 0 aromatic heterocycles. The van der Waals surface area contributed by atoms with Crippen LogP contribution in [0.5, 0.6) is 0 Å². The van der Waals surface area contributed by atoms with E-state index in [0.29, 0.717) is 0 Å². The number of aliphatic hydroxyl groups excluding tert-OH is 4. The van der Waals surface area contributed by atoms with Crippen LogP contribution in [0.4, 0.5) is 0 Å². The summed E-state index contributed by atoms with van der Waals surface area (Å²) in [4.78, 5) is 21.2. The van der Waals surface area contributed by atoms with Crippen LogP contribution in [-0.4, -0.2) is 105 Å². The molecule has 0 radical (unpaired) electrons. The monoisotopic (exact) mass is 365 g/mol. The highest BCUT2D eigenvalue weighted by atomic mass is 16.4.